The van der Waals surface area contributed by atoms with Crippen molar-refractivity contribution >= 4 is 57.7 Å². The third-order valence-corrected chi connectivity index (χ3v) is 6.04. The Labute approximate surface area is 205 Å². The smallest absolute Gasteiger partial charge is 0.293 e. The zero-order valence-electron chi connectivity index (χ0n) is 17.4. The number of amides is 2. The molecular weight excluding hydrogens is 502 g/mol. The highest BCUT2D eigenvalue weighted by Crippen LogP contribution is 2.36. The highest BCUT2D eigenvalue weighted by molar-refractivity contribution is 8.18. The molecule has 1 aromatic heterocycles. The van der Waals surface area contributed by atoms with Gasteiger partial charge in [0.05, 0.1) is 26.9 Å². The Morgan fingerprint density at radius 1 is 1.03 bits per heavy atom. The third-order valence-electron chi connectivity index (χ3n) is 4.90. The van der Waals surface area contributed by atoms with Crippen LogP contribution in [0.3, 0.4) is 0 Å². The van der Waals surface area contributed by atoms with Crippen molar-refractivity contribution in [3.05, 3.63) is 96.1 Å². The number of furan rings is 1. The van der Waals surface area contributed by atoms with Crippen LogP contribution in [-0.2, 0) is 4.79 Å². The predicted octanol–water partition coefficient (Wildman–Crippen LogP) is 5.34. The summed E-state index contributed by atoms with van der Waals surface area (Å²) in [6.07, 6.45) is 1.30. The van der Waals surface area contributed by atoms with E-state index in [1.54, 1.807) is 0 Å². The van der Waals surface area contributed by atoms with E-state index in [1.807, 2.05) is 0 Å². The van der Waals surface area contributed by atoms with Crippen LogP contribution in [0.2, 0.25) is 5.02 Å². The summed E-state index contributed by atoms with van der Waals surface area (Å²) in [4.78, 5) is 59.2. The highest BCUT2D eigenvalue weighted by atomic mass is 35.5. The van der Waals surface area contributed by atoms with Crippen LogP contribution in [-0.4, -0.2) is 38.2 Å². The van der Waals surface area contributed by atoms with E-state index in [0.29, 0.717) is 11.8 Å². The van der Waals surface area contributed by atoms with E-state index in [-0.39, 0.29) is 43.9 Å². The summed E-state index contributed by atoms with van der Waals surface area (Å²) >= 11 is 6.44. The van der Waals surface area contributed by atoms with E-state index in [0.717, 1.165) is 17.0 Å². The molecule has 176 valence electrons. The molecule has 1 fully saturated rings. The number of thioether (sulfide) groups is 1. The average Bonchev–Trinajstić information content (AvgIpc) is 3.39. The van der Waals surface area contributed by atoms with Crippen LogP contribution in [0.4, 0.5) is 16.2 Å². The first-order valence-electron chi connectivity index (χ1n) is 9.71. The molecule has 1 aliphatic rings. The number of imide groups is 1. The number of halogens is 1. The number of nitro groups is 2. The van der Waals surface area contributed by atoms with Crippen LogP contribution in [0.5, 0.6) is 0 Å². The normalized spacial score (nSPS) is 14.5. The zero-order chi connectivity index (χ0) is 25.3. The van der Waals surface area contributed by atoms with E-state index in [9.17, 15) is 34.6 Å². The third kappa shape index (κ3) is 4.98. The van der Waals surface area contributed by atoms with Gasteiger partial charge in [-0.15, -0.1) is 0 Å². The van der Waals surface area contributed by atoms with Gasteiger partial charge in [-0.3, -0.25) is 39.5 Å². The average molecular weight is 514 g/mol. The van der Waals surface area contributed by atoms with Crippen molar-refractivity contribution in [2.24, 2.45) is 0 Å². The molecular formula is C22H12ClN3O8S. The maximum Gasteiger partial charge on any atom is 0.293 e. The molecule has 2 aromatic carbocycles. The Morgan fingerprint density at radius 2 is 1.74 bits per heavy atom. The summed E-state index contributed by atoms with van der Waals surface area (Å²) in [5.41, 5.74) is -0.166. The molecule has 0 N–H and O–H groups in total. The highest BCUT2D eigenvalue weighted by Gasteiger charge is 2.36. The van der Waals surface area contributed by atoms with Crippen molar-refractivity contribution in [3.8, 4) is 11.3 Å². The molecule has 2 amide bonds. The molecule has 35 heavy (non-hydrogen) atoms. The number of Topliss-reactive ketones (excluding diaryl/α,β-unsaturated/α-hetero) is 1. The van der Waals surface area contributed by atoms with Gasteiger partial charge in [-0.05, 0) is 48.2 Å². The maximum absolute atomic E-state index is 12.7. The Balaban J connectivity index is 1.52. The Morgan fingerprint density at radius 3 is 2.40 bits per heavy atom. The zero-order valence-corrected chi connectivity index (χ0v) is 18.9. The maximum atomic E-state index is 12.7. The largest absolute Gasteiger partial charge is 0.456 e. The Hall–Kier alpha value is -4.29. The minimum absolute atomic E-state index is 0.00185. The first-order chi connectivity index (χ1) is 16.6. The Bertz CT molecular complexity index is 1430. The lowest BCUT2D eigenvalue weighted by atomic mass is 10.1. The van der Waals surface area contributed by atoms with Crippen molar-refractivity contribution in [1.82, 2.24) is 4.90 Å². The van der Waals surface area contributed by atoms with Crippen LogP contribution in [0.1, 0.15) is 16.1 Å². The molecule has 13 heteroatoms. The second kappa shape index (κ2) is 9.52. The van der Waals surface area contributed by atoms with Gasteiger partial charge in [-0.1, -0.05) is 11.6 Å². The van der Waals surface area contributed by atoms with Gasteiger partial charge >= 0.3 is 0 Å². The van der Waals surface area contributed by atoms with Gasteiger partial charge in [0.1, 0.15) is 11.5 Å². The van der Waals surface area contributed by atoms with Gasteiger partial charge in [0.2, 0.25) is 0 Å². The van der Waals surface area contributed by atoms with E-state index >= 15 is 0 Å². The molecule has 0 atom stereocenters. The van der Waals surface area contributed by atoms with Crippen molar-refractivity contribution < 1.29 is 28.6 Å². The minimum atomic E-state index is -0.717. The molecule has 0 radical (unpaired) electrons. The lowest BCUT2D eigenvalue weighted by Gasteiger charge is -2.11. The number of nitro benzene ring substituents is 2. The van der Waals surface area contributed by atoms with Crippen LogP contribution in [0.15, 0.2) is 63.9 Å². The number of hydrogen-bond acceptors (Lipinski definition) is 9. The summed E-state index contributed by atoms with van der Waals surface area (Å²) in [6.45, 7) is -0.541. The molecule has 0 saturated carbocycles. The van der Waals surface area contributed by atoms with Gasteiger partial charge in [0.15, 0.2) is 5.78 Å². The molecule has 0 spiro atoms. The Kier molecular flexibility index (Phi) is 6.49. The number of carbonyl (C=O) groups is 3. The van der Waals surface area contributed by atoms with Crippen LogP contribution < -0.4 is 0 Å². The minimum Gasteiger partial charge on any atom is -0.456 e. The van der Waals surface area contributed by atoms with Crippen molar-refractivity contribution in [3.63, 3.8) is 0 Å². The molecule has 0 aliphatic carbocycles. The summed E-state index contributed by atoms with van der Waals surface area (Å²) in [5.74, 6) is -0.965. The topological polar surface area (TPSA) is 154 Å². The molecule has 0 unspecified atom stereocenters. The fraction of sp³-hybridized carbons (Fsp3) is 0.0455. The fourth-order valence-electron chi connectivity index (χ4n) is 3.21. The molecule has 1 saturated heterocycles. The molecule has 4 rings (SSSR count). The summed E-state index contributed by atoms with van der Waals surface area (Å²) in [5, 5.41) is 21.6. The molecule has 2 heterocycles. The molecule has 1 aliphatic heterocycles. The predicted molar refractivity (Wildman–Crippen MR) is 126 cm³/mol. The second-order valence-electron chi connectivity index (χ2n) is 7.12. The number of non-ortho nitro benzene ring substituents is 1. The van der Waals surface area contributed by atoms with Crippen LogP contribution in [0.25, 0.3) is 17.4 Å². The first-order valence-corrected chi connectivity index (χ1v) is 10.9. The van der Waals surface area contributed by atoms with Crippen molar-refractivity contribution in [2.45, 2.75) is 0 Å². The summed E-state index contributed by atoms with van der Waals surface area (Å²) in [7, 11) is 0. The monoisotopic (exact) mass is 513 g/mol. The number of ketones is 1. The molecule has 3 aromatic rings. The number of nitrogens with zero attached hydrogens (tertiary/aromatic N) is 3. The first kappa shape index (κ1) is 23.9. The summed E-state index contributed by atoms with van der Waals surface area (Å²) < 4.78 is 5.62. The van der Waals surface area contributed by atoms with Crippen LogP contribution in [0, 0.1) is 20.2 Å². The van der Waals surface area contributed by atoms with E-state index in [1.165, 1.54) is 48.5 Å². The quantitative estimate of drug-likeness (QED) is 0.176. The van der Waals surface area contributed by atoms with E-state index in [2.05, 4.69) is 0 Å². The van der Waals surface area contributed by atoms with Gasteiger partial charge in [-0.2, -0.15) is 0 Å². The SMILES string of the molecule is O=C(CN1C(=O)S/C(=C/c2ccc(-c3ccc(Cl)cc3[N+](=O)[O-])o2)C1=O)c1ccc([N+](=O)[O-])cc1. The standard InChI is InChI=1S/C22H12ClN3O8S/c23-13-3-7-16(17(9-13)26(32)33)19-8-6-15(34-19)10-20-21(28)24(22(29)35-20)11-18(27)12-1-4-14(5-2-12)25(30)31/h1-10H,11H2/b20-10+. The van der Waals surface area contributed by atoms with E-state index < -0.39 is 33.3 Å². The molecule has 0 bridgehead atoms. The number of carbonyl (C=O) groups excluding carboxylic acids is 3. The van der Waals surface area contributed by atoms with Crippen LogP contribution >= 0.6 is 23.4 Å². The lowest BCUT2D eigenvalue weighted by Crippen LogP contribution is -2.33. The number of hydrogen-bond donors (Lipinski definition) is 0. The lowest BCUT2D eigenvalue weighted by molar-refractivity contribution is -0.384. The second-order valence-corrected chi connectivity index (χ2v) is 8.55. The van der Waals surface area contributed by atoms with Crippen molar-refractivity contribution in [1.29, 1.82) is 0 Å². The van der Waals surface area contributed by atoms with Crippen molar-refractivity contribution in [2.75, 3.05) is 6.54 Å². The van der Waals surface area contributed by atoms with Gasteiger partial charge < -0.3 is 4.42 Å². The van der Waals surface area contributed by atoms with Gasteiger partial charge in [0, 0.05) is 34.9 Å². The van der Waals surface area contributed by atoms with Gasteiger partial charge in [-0.25, -0.2) is 0 Å². The number of benzene rings is 2. The molecule has 11 nitrogen and oxygen atoms in total. The van der Waals surface area contributed by atoms with E-state index in [4.69, 9.17) is 16.0 Å². The fourth-order valence-corrected chi connectivity index (χ4v) is 4.19. The van der Waals surface area contributed by atoms with Gasteiger partial charge in [0.25, 0.3) is 22.5 Å². The number of rotatable bonds is 7. The summed E-state index contributed by atoms with van der Waals surface area (Å²) in [6, 6.07) is 11.8.